The normalized spacial score (nSPS) is 13.7. The molecule has 0 bridgehead atoms. The molecule has 1 fully saturated rings. The lowest BCUT2D eigenvalue weighted by atomic mass is 10.1. The number of aliphatic carboxylic acids is 1. The molecule has 0 aliphatic carbocycles. The number of carboxylic acid groups (broad SMARTS) is 1. The van der Waals surface area contributed by atoms with Gasteiger partial charge in [0, 0.05) is 30.9 Å². The number of aryl methyl sites for hydroxylation is 2. The van der Waals surface area contributed by atoms with Crippen LogP contribution in [-0.2, 0) is 11.2 Å². The monoisotopic (exact) mass is 352 g/mol. The molecule has 2 aromatic rings. The summed E-state index contributed by atoms with van der Waals surface area (Å²) in [7, 11) is 0. The number of hydrogen-bond acceptors (Lipinski definition) is 3. The third-order valence-corrected chi connectivity index (χ3v) is 4.66. The molecule has 0 atom stereocenters. The Labute approximate surface area is 153 Å². The van der Waals surface area contributed by atoms with E-state index < -0.39 is 5.97 Å². The van der Waals surface area contributed by atoms with Crippen molar-refractivity contribution in [3.05, 3.63) is 59.2 Å². The Balaban J connectivity index is 1.79. The summed E-state index contributed by atoms with van der Waals surface area (Å²) < 4.78 is 0. The third kappa shape index (κ3) is 4.42. The van der Waals surface area contributed by atoms with Crippen molar-refractivity contribution in [1.29, 1.82) is 0 Å². The molecule has 1 aliphatic heterocycles. The minimum Gasteiger partial charge on any atom is -0.481 e. The number of rotatable bonds is 6. The minimum absolute atomic E-state index is 0.0778. The van der Waals surface area contributed by atoms with Gasteiger partial charge in [0.2, 0.25) is 0 Å². The first-order valence-corrected chi connectivity index (χ1v) is 9.00. The summed E-state index contributed by atoms with van der Waals surface area (Å²) in [4.78, 5) is 25.9. The molecule has 0 aromatic heterocycles. The number of carbonyl (C=O) groups is 2. The van der Waals surface area contributed by atoms with Gasteiger partial charge in [-0.05, 0) is 56.0 Å². The van der Waals surface area contributed by atoms with E-state index in [1.807, 2.05) is 49.4 Å². The van der Waals surface area contributed by atoms with Crippen LogP contribution in [0.15, 0.2) is 42.5 Å². The zero-order valence-electron chi connectivity index (χ0n) is 15.0. The van der Waals surface area contributed by atoms with Crippen molar-refractivity contribution in [2.45, 2.75) is 32.6 Å². The summed E-state index contributed by atoms with van der Waals surface area (Å²) in [6.45, 7) is 3.94. The van der Waals surface area contributed by atoms with Gasteiger partial charge in [-0.25, -0.2) is 0 Å². The van der Waals surface area contributed by atoms with E-state index in [1.165, 1.54) is 0 Å². The van der Waals surface area contributed by atoms with E-state index >= 15 is 0 Å². The molecule has 3 rings (SSSR count). The van der Waals surface area contributed by atoms with Crippen molar-refractivity contribution in [2.75, 3.05) is 23.3 Å². The maximum atomic E-state index is 12.9. The SMILES string of the molecule is Cc1ccc(N2CCCC2)c(C(=O)Nc2cccc(CCC(=O)O)c2)c1. The fourth-order valence-electron chi connectivity index (χ4n) is 3.32. The molecule has 2 N–H and O–H groups in total. The van der Waals surface area contributed by atoms with Crippen LogP contribution >= 0.6 is 0 Å². The zero-order chi connectivity index (χ0) is 18.5. The Morgan fingerprint density at radius 3 is 2.62 bits per heavy atom. The van der Waals surface area contributed by atoms with Crippen LogP contribution in [0.2, 0.25) is 0 Å². The van der Waals surface area contributed by atoms with Crippen LogP contribution in [0.1, 0.15) is 40.7 Å². The first kappa shape index (κ1) is 18.0. The Morgan fingerprint density at radius 2 is 1.88 bits per heavy atom. The second-order valence-corrected chi connectivity index (χ2v) is 6.76. The average molecular weight is 352 g/mol. The van der Waals surface area contributed by atoms with E-state index in [1.54, 1.807) is 0 Å². The smallest absolute Gasteiger partial charge is 0.303 e. The van der Waals surface area contributed by atoms with Crippen LogP contribution in [0.4, 0.5) is 11.4 Å². The van der Waals surface area contributed by atoms with Crippen LogP contribution in [0.3, 0.4) is 0 Å². The maximum absolute atomic E-state index is 12.9. The number of benzene rings is 2. The fourth-order valence-corrected chi connectivity index (χ4v) is 3.32. The van der Waals surface area contributed by atoms with Crippen molar-refractivity contribution in [2.24, 2.45) is 0 Å². The topological polar surface area (TPSA) is 69.6 Å². The van der Waals surface area contributed by atoms with Crippen molar-refractivity contribution >= 4 is 23.3 Å². The number of carbonyl (C=O) groups excluding carboxylic acids is 1. The van der Waals surface area contributed by atoms with Crippen molar-refractivity contribution in [3.63, 3.8) is 0 Å². The summed E-state index contributed by atoms with van der Waals surface area (Å²) in [6.07, 6.45) is 2.83. The Kier molecular flexibility index (Phi) is 5.56. The van der Waals surface area contributed by atoms with Crippen molar-refractivity contribution in [1.82, 2.24) is 0 Å². The van der Waals surface area contributed by atoms with Crippen LogP contribution in [0.25, 0.3) is 0 Å². The minimum atomic E-state index is -0.825. The van der Waals surface area contributed by atoms with Gasteiger partial charge >= 0.3 is 5.97 Å². The third-order valence-electron chi connectivity index (χ3n) is 4.66. The lowest BCUT2D eigenvalue weighted by Crippen LogP contribution is -2.23. The fraction of sp³-hybridized carbons (Fsp3) is 0.333. The highest BCUT2D eigenvalue weighted by atomic mass is 16.4. The molecule has 2 aromatic carbocycles. The predicted octanol–water partition coefficient (Wildman–Crippen LogP) is 3.86. The van der Waals surface area contributed by atoms with Gasteiger partial charge in [0.25, 0.3) is 5.91 Å². The molecule has 0 radical (unpaired) electrons. The number of nitrogens with zero attached hydrogens (tertiary/aromatic N) is 1. The lowest BCUT2D eigenvalue weighted by Gasteiger charge is -2.21. The highest BCUT2D eigenvalue weighted by molar-refractivity contribution is 6.08. The molecular weight excluding hydrogens is 328 g/mol. The zero-order valence-corrected chi connectivity index (χ0v) is 15.0. The molecule has 136 valence electrons. The molecule has 5 heteroatoms. The van der Waals surface area contributed by atoms with E-state index in [0.29, 0.717) is 17.7 Å². The van der Waals surface area contributed by atoms with Gasteiger partial charge in [-0.3, -0.25) is 9.59 Å². The highest BCUT2D eigenvalue weighted by Crippen LogP contribution is 2.26. The summed E-state index contributed by atoms with van der Waals surface area (Å²) >= 11 is 0. The second kappa shape index (κ2) is 8.04. The van der Waals surface area contributed by atoms with E-state index in [-0.39, 0.29) is 12.3 Å². The molecule has 0 unspecified atom stereocenters. The number of nitrogens with one attached hydrogen (secondary N) is 1. The quantitative estimate of drug-likeness (QED) is 0.828. The second-order valence-electron chi connectivity index (χ2n) is 6.76. The van der Waals surface area contributed by atoms with Gasteiger partial charge in [0.1, 0.15) is 0 Å². The van der Waals surface area contributed by atoms with E-state index in [9.17, 15) is 9.59 Å². The van der Waals surface area contributed by atoms with Gasteiger partial charge in [-0.1, -0.05) is 23.8 Å². The van der Waals surface area contributed by atoms with E-state index in [0.717, 1.165) is 42.7 Å². The summed E-state index contributed by atoms with van der Waals surface area (Å²) in [5.41, 5.74) is 4.30. The molecule has 1 heterocycles. The van der Waals surface area contributed by atoms with Crippen LogP contribution < -0.4 is 10.2 Å². The van der Waals surface area contributed by atoms with E-state index in [4.69, 9.17) is 5.11 Å². The van der Waals surface area contributed by atoms with Crippen LogP contribution in [0, 0.1) is 6.92 Å². The average Bonchev–Trinajstić information content (AvgIpc) is 3.14. The number of anilines is 2. The molecule has 0 saturated carbocycles. The van der Waals surface area contributed by atoms with Crippen molar-refractivity contribution in [3.8, 4) is 0 Å². The lowest BCUT2D eigenvalue weighted by molar-refractivity contribution is -0.136. The summed E-state index contributed by atoms with van der Waals surface area (Å²) in [6, 6.07) is 13.4. The summed E-state index contributed by atoms with van der Waals surface area (Å²) in [5, 5.41) is 11.8. The standard InChI is InChI=1S/C21H24N2O3/c1-15-7-9-19(23-11-2-3-12-23)18(13-15)21(26)22-17-6-4-5-16(14-17)8-10-20(24)25/h4-7,9,13-14H,2-3,8,10-12H2,1H3,(H,22,26)(H,24,25). The first-order chi connectivity index (χ1) is 12.5. The molecule has 1 saturated heterocycles. The van der Waals surface area contributed by atoms with Gasteiger partial charge in [-0.2, -0.15) is 0 Å². The van der Waals surface area contributed by atoms with Crippen LogP contribution in [-0.4, -0.2) is 30.1 Å². The van der Waals surface area contributed by atoms with Crippen LogP contribution in [0.5, 0.6) is 0 Å². The van der Waals surface area contributed by atoms with E-state index in [2.05, 4.69) is 10.2 Å². The van der Waals surface area contributed by atoms with Gasteiger partial charge in [0.05, 0.1) is 5.56 Å². The molecule has 1 amide bonds. The number of amides is 1. The molecule has 5 nitrogen and oxygen atoms in total. The largest absolute Gasteiger partial charge is 0.481 e. The molecule has 1 aliphatic rings. The number of hydrogen-bond donors (Lipinski definition) is 2. The molecular formula is C21H24N2O3. The molecule has 26 heavy (non-hydrogen) atoms. The van der Waals surface area contributed by atoms with Gasteiger partial charge in [-0.15, -0.1) is 0 Å². The maximum Gasteiger partial charge on any atom is 0.303 e. The first-order valence-electron chi connectivity index (χ1n) is 9.00. The highest BCUT2D eigenvalue weighted by Gasteiger charge is 2.19. The number of carboxylic acids is 1. The van der Waals surface area contributed by atoms with Gasteiger partial charge in [0.15, 0.2) is 0 Å². The Morgan fingerprint density at radius 1 is 1.12 bits per heavy atom. The molecule has 0 spiro atoms. The Hall–Kier alpha value is -2.82. The Bertz CT molecular complexity index is 811. The van der Waals surface area contributed by atoms with Gasteiger partial charge < -0.3 is 15.3 Å². The predicted molar refractivity (Wildman–Crippen MR) is 103 cm³/mol. The summed E-state index contributed by atoms with van der Waals surface area (Å²) in [5.74, 6) is -0.958. The van der Waals surface area contributed by atoms with Crippen molar-refractivity contribution < 1.29 is 14.7 Å².